The molecule has 1 aromatic carbocycles. The first kappa shape index (κ1) is 17.3. The van der Waals surface area contributed by atoms with Gasteiger partial charge in [0.15, 0.2) is 0 Å². The van der Waals surface area contributed by atoms with E-state index in [2.05, 4.69) is 39.4 Å². The van der Waals surface area contributed by atoms with Gasteiger partial charge in [0.1, 0.15) is 0 Å². The van der Waals surface area contributed by atoms with E-state index in [1.807, 2.05) is 0 Å². The van der Waals surface area contributed by atoms with Crippen molar-refractivity contribution < 1.29 is 9.47 Å². The summed E-state index contributed by atoms with van der Waals surface area (Å²) in [6, 6.07) is 12.8. The largest absolute Gasteiger partial charge is 0.480 e. The molecule has 0 spiro atoms. The monoisotopic (exact) mass is 353 g/mol. The van der Waals surface area contributed by atoms with Gasteiger partial charge in [-0.25, -0.2) is 0 Å². The van der Waals surface area contributed by atoms with Gasteiger partial charge in [0, 0.05) is 18.7 Å². The van der Waals surface area contributed by atoms with Crippen molar-refractivity contribution in [3.05, 3.63) is 47.5 Å². The lowest BCUT2D eigenvalue weighted by Gasteiger charge is -2.35. The van der Waals surface area contributed by atoms with E-state index < -0.39 is 0 Å². The maximum atomic E-state index is 5.75. The van der Waals surface area contributed by atoms with E-state index in [0.29, 0.717) is 30.2 Å². The first-order valence-electron chi connectivity index (χ1n) is 9.62. The molecule has 0 unspecified atom stereocenters. The highest BCUT2D eigenvalue weighted by molar-refractivity contribution is 5.27. The number of hydrogen-bond donors (Lipinski definition) is 0. The van der Waals surface area contributed by atoms with Crippen LogP contribution in [0.25, 0.3) is 0 Å². The van der Waals surface area contributed by atoms with Crippen LogP contribution in [0.4, 0.5) is 0 Å². The summed E-state index contributed by atoms with van der Waals surface area (Å²) in [6.07, 6.45) is 5.08. The molecular weight excluding hydrogens is 326 g/mol. The fraction of sp³-hybridized carbons (Fsp3) is 0.524. The molecule has 0 N–H and O–H groups in total. The maximum absolute atomic E-state index is 5.75. The maximum Gasteiger partial charge on any atom is 0.233 e. The lowest BCUT2D eigenvalue weighted by molar-refractivity contribution is 0.152. The molecule has 2 aromatic rings. The zero-order valence-electron chi connectivity index (χ0n) is 15.4. The Morgan fingerprint density at radius 3 is 2.31 bits per heavy atom. The van der Waals surface area contributed by atoms with Crippen LogP contribution < -0.4 is 9.47 Å². The Labute approximate surface area is 155 Å². The minimum atomic E-state index is 0.509. The summed E-state index contributed by atoms with van der Waals surface area (Å²) >= 11 is 0. The van der Waals surface area contributed by atoms with Gasteiger partial charge in [-0.2, -0.15) is 0 Å². The summed E-state index contributed by atoms with van der Waals surface area (Å²) < 4.78 is 10.8. The molecule has 0 amide bonds. The molecule has 2 aliphatic rings. The number of ether oxygens (including phenoxy) is 2. The van der Waals surface area contributed by atoms with E-state index in [9.17, 15) is 0 Å². The van der Waals surface area contributed by atoms with Gasteiger partial charge in [0.2, 0.25) is 11.8 Å². The standard InChI is InChI=1S/C21H27N3O2/c1-25-20-8-9-21(23-22-20)26-15-17-12-19(13-17)18-6-4-16(5-7-18)14-24-10-2-3-11-24/h4-9,17,19H,2-3,10-15H2,1H3. The van der Waals surface area contributed by atoms with Gasteiger partial charge in [0.05, 0.1) is 13.7 Å². The van der Waals surface area contributed by atoms with Crippen LogP contribution in [0, 0.1) is 5.92 Å². The SMILES string of the molecule is COc1ccc(OCC2CC(c3ccc(CN4CCCC4)cc3)C2)nn1. The van der Waals surface area contributed by atoms with Crippen molar-refractivity contribution in [1.29, 1.82) is 0 Å². The van der Waals surface area contributed by atoms with Crippen molar-refractivity contribution in [2.45, 2.75) is 38.1 Å². The van der Waals surface area contributed by atoms with Crippen molar-refractivity contribution in [2.75, 3.05) is 26.8 Å². The Hall–Kier alpha value is -2.14. The first-order chi connectivity index (χ1) is 12.8. The molecule has 5 heteroatoms. The second-order valence-corrected chi connectivity index (χ2v) is 7.48. The quantitative estimate of drug-likeness (QED) is 0.760. The van der Waals surface area contributed by atoms with Crippen LogP contribution in [0.2, 0.25) is 0 Å². The highest BCUT2D eigenvalue weighted by Gasteiger charge is 2.30. The summed E-state index contributed by atoms with van der Waals surface area (Å²) in [5.74, 6) is 2.36. The van der Waals surface area contributed by atoms with E-state index >= 15 is 0 Å². The number of methoxy groups -OCH3 is 1. The second-order valence-electron chi connectivity index (χ2n) is 7.48. The molecule has 0 atom stereocenters. The molecule has 1 aliphatic carbocycles. The van der Waals surface area contributed by atoms with Crippen molar-refractivity contribution in [1.82, 2.24) is 15.1 Å². The number of nitrogens with zero attached hydrogens (tertiary/aromatic N) is 3. The predicted molar refractivity (Wildman–Crippen MR) is 100 cm³/mol. The van der Waals surface area contributed by atoms with Crippen LogP contribution in [0.5, 0.6) is 11.8 Å². The molecule has 2 fully saturated rings. The van der Waals surface area contributed by atoms with Gasteiger partial charge in [-0.05, 0) is 61.7 Å². The Morgan fingerprint density at radius 1 is 0.962 bits per heavy atom. The van der Waals surface area contributed by atoms with Crippen LogP contribution >= 0.6 is 0 Å². The predicted octanol–water partition coefficient (Wildman–Crippen LogP) is 3.65. The number of benzene rings is 1. The van der Waals surface area contributed by atoms with Crippen LogP contribution in [0.15, 0.2) is 36.4 Å². The number of aromatic nitrogens is 2. The average molecular weight is 353 g/mol. The second kappa shape index (κ2) is 8.04. The summed E-state index contributed by atoms with van der Waals surface area (Å²) in [5, 5.41) is 7.93. The molecule has 2 heterocycles. The highest BCUT2D eigenvalue weighted by atomic mass is 16.5. The van der Waals surface area contributed by atoms with Gasteiger partial charge in [-0.3, -0.25) is 4.90 Å². The van der Waals surface area contributed by atoms with Crippen LogP contribution in [0.3, 0.4) is 0 Å². The van der Waals surface area contributed by atoms with Gasteiger partial charge in [0.25, 0.3) is 0 Å². The fourth-order valence-corrected chi connectivity index (χ4v) is 3.93. The molecule has 1 saturated heterocycles. The molecule has 0 radical (unpaired) electrons. The summed E-state index contributed by atoms with van der Waals surface area (Å²) in [7, 11) is 1.58. The van der Waals surface area contributed by atoms with Crippen LogP contribution in [0.1, 0.15) is 42.7 Å². The summed E-state index contributed by atoms with van der Waals surface area (Å²) in [5.41, 5.74) is 2.91. The minimum absolute atomic E-state index is 0.509. The molecule has 1 aromatic heterocycles. The first-order valence-corrected chi connectivity index (χ1v) is 9.62. The molecule has 4 rings (SSSR count). The average Bonchev–Trinajstić information content (AvgIpc) is 3.15. The normalized spacial score (nSPS) is 22.8. The zero-order chi connectivity index (χ0) is 17.8. The third-order valence-corrected chi connectivity index (χ3v) is 5.58. The Balaban J connectivity index is 1.21. The van der Waals surface area contributed by atoms with Crippen LogP contribution in [-0.2, 0) is 6.54 Å². The van der Waals surface area contributed by atoms with Crippen molar-refractivity contribution >= 4 is 0 Å². The summed E-state index contributed by atoms with van der Waals surface area (Å²) in [6.45, 7) is 4.32. The molecule has 1 aliphatic heterocycles. The van der Waals surface area contributed by atoms with Gasteiger partial charge < -0.3 is 9.47 Å². The number of rotatable bonds is 7. The van der Waals surface area contributed by atoms with Gasteiger partial charge in [-0.1, -0.05) is 24.3 Å². The minimum Gasteiger partial charge on any atom is -0.480 e. The Morgan fingerprint density at radius 2 is 1.65 bits per heavy atom. The molecular formula is C21H27N3O2. The fourth-order valence-electron chi connectivity index (χ4n) is 3.93. The van der Waals surface area contributed by atoms with Crippen molar-refractivity contribution in [3.63, 3.8) is 0 Å². The van der Waals surface area contributed by atoms with Crippen LogP contribution in [-0.4, -0.2) is 41.9 Å². The van der Waals surface area contributed by atoms with E-state index in [4.69, 9.17) is 9.47 Å². The van der Waals surface area contributed by atoms with Crippen molar-refractivity contribution in [2.24, 2.45) is 5.92 Å². The third kappa shape index (κ3) is 4.15. The smallest absolute Gasteiger partial charge is 0.233 e. The Kier molecular flexibility index (Phi) is 5.34. The van der Waals surface area contributed by atoms with E-state index in [1.165, 1.54) is 49.9 Å². The Bertz CT molecular complexity index is 690. The molecule has 138 valence electrons. The number of likely N-dealkylation sites (tertiary alicyclic amines) is 1. The van der Waals surface area contributed by atoms with Crippen molar-refractivity contribution in [3.8, 4) is 11.8 Å². The topological polar surface area (TPSA) is 47.5 Å². The lowest BCUT2D eigenvalue weighted by atomic mass is 9.72. The highest BCUT2D eigenvalue weighted by Crippen LogP contribution is 2.41. The third-order valence-electron chi connectivity index (χ3n) is 5.58. The summed E-state index contributed by atoms with van der Waals surface area (Å²) in [4.78, 5) is 2.55. The zero-order valence-corrected chi connectivity index (χ0v) is 15.4. The molecule has 5 nitrogen and oxygen atoms in total. The van der Waals surface area contributed by atoms with Gasteiger partial charge in [-0.15, -0.1) is 10.2 Å². The van der Waals surface area contributed by atoms with E-state index in [-0.39, 0.29) is 0 Å². The van der Waals surface area contributed by atoms with E-state index in [0.717, 1.165) is 6.54 Å². The number of hydrogen-bond acceptors (Lipinski definition) is 5. The lowest BCUT2D eigenvalue weighted by Crippen LogP contribution is -2.27. The molecule has 0 bridgehead atoms. The molecule has 26 heavy (non-hydrogen) atoms. The van der Waals surface area contributed by atoms with E-state index in [1.54, 1.807) is 19.2 Å². The van der Waals surface area contributed by atoms with Gasteiger partial charge >= 0.3 is 0 Å². The molecule has 1 saturated carbocycles.